The predicted octanol–water partition coefficient (Wildman–Crippen LogP) is 2.69. The Morgan fingerprint density at radius 3 is 2.15 bits per heavy atom. The van der Waals surface area contributed by atoms with Crippen LogP contribution in [0.25, 0.3) is 0 Å². The standard InChI is InChI=1S/C15H32N2O2.ClH/c1-11(2)8-10-19-13(5)15(18)17(6)9-7-14(16)12(3)4;/h11-14H,7-10,16H2,1-6H3;1H. The number of amides is 1. The normalized spacial score (nSPS) is 14.1. The summed E-state index contributed by atoms with van der Waals surface area (Å²) in [6, 6.07) is 0.146. The third-order valence-electron chi connectivity index (χ3n) is 3.44. The Morgan fingerprint density at radius 1 is 1.15 bits per heavy atom. The first-order valence-electron chi connectivity index (χ1n) is 7.37. The van der Waals surface area contributed by atoms with Gasteiger partial charge in [-0.3, -0.25) is 4.79 Å². The number of hydrogen-bond acceptors (Lipinski definition) is 3. The molecule has 0 fully saturated rings. The van der Waals surface area contributed by atoms with Crippen LogP contribution in [0.4, 0.5) is 0 Å². The van der Waals surface area contributed by atoms with Crippen LogP contribution in [0.3, 0.4) is 0 Å². The number of ether oxygens (including phenoxy) is 1. The van der Waals surface area contributed by atoms with Crippen LogP contribution in [0.2, 0.25) is 0 Å². The third-order valence-corrected chi connectivity index (χ3v) is 3.44. The highest BCUT2D eigenvalue weighted by atomic mass is 35.5. The molecule has 0 aliphatic heterocycles. The molecule has 0 radical (unpaired) electrons. The van der Waals surface area contributed by atoms with Crippen molar-refractivity contribution in [3.05, 3.63) is 0 Å². The highest BCUT2D eigenvalue weighted by molar-refractivity contribution is 5.85. The van der Waals surface area contributed by atoms with Gasteiger partial charge in [-0.2, -0.15) is 0 Å². The number of carbonyl (C=O) groups excluding carboxylic acids is 1. The fourth-order valence-electron chi connectivity index (χ4n) is 1.65. The van der Waals surface area contributed by atoms with Crippen molar-refractivity contribution in [2.24, 2.45) is 17.6 Å². The van der Waals surface area contributed by atoms with Gasteiger partial charge in [0.1, 0.15) is 6.10 Å². The summed E-state index contributed by atoms with van der Waals surface area (Å²) in [5.74, 6) is 1.09. The van der Waals surface area contributed by atoms with Crippen LogP contribution in [0.1, 0.15) is 47.5 Å². The Morgan fingerprint density at radius 2 is 1.70 bits per heavy atom. The van der Waals surface area contributed by atoms with Gasteiger partial charge in [-0.1, -0.05) is 27.7 Å². The van der Waals surface area contributed by atoms with Gasteiger partial charge in [-0.25, -0.2) is 0 Å². The summed E-state index contributed by atoms with van der Waals surface area (Å²) < 4.78 is 5.57. The first-order chi connectivity index (χ1) is 8.75. The minimum absolute atomic E-state index is 0. The Balaban J connectivity index is 0. The summed E-state index contributed by atoms with van der Waals surface area (Å²) in [6.07, 6.45) is 1.46. The van der Waals surface area contributed by atoms with Crippen molar-refractivity contribution in [3.8, 4) is 0 Å². The molecule has 0 spiro atoms. The van der Waals surface area contributed by atoms with Gasteiger partial charge in [0, 0.05) is 26.2 Å². The summed E-state index contributed by atoms with van der Waals surface area (Å²) in [6.45, 7) is 11.7. The smallest absolute Gasteiger partial charge is 0.251 e. The third kappa shape index (κ3) is 9.56. The van der Waals surface area contributed by atoms with Gasteiger partial charge in [-0.15, -0.1) is 12.4 Å². The van der Waals surface area contributed by atoms with E-state index in [4.69, 9.17) is 10.5 Å². The molecule has 2 atom stereocenters. The molecule has 0 saturated carbocycles. The van der Waals surface area contributed by atoms with Gasteiger partial charge < -0.3 is 15.4 Å². The van der Waals surface area contributed by atoms with E-state index in [1.54, 1.807) is 4.90 Å². The highest BCUT2D eigenvalue weighted by Gasteiger charge is 2.19. The summed E-state index contributed by atoms with van der Waals surface area (Å²) >= 11 is 0. The molecule has 4 nitrogen and oxygen atoms in total. The maximum absolute atomic E-state index is 12.1. The van der Waals surface area contributed by atoms with E-state index in [2.05, 4.69) is 27.7 Å². The van der Waals surface area contributed by atoms with Crippen LogP contribution in [-0.4, -0.2) is 43.2 Å². The van der Waals surface area contributed by atoms with Gasteiger partial charge in [0.2, 0.25) is 0 Å². The second kappa shape index (κ2) is 11.4. The number of nitrogens with zero attached hydrogens (tertiary/aromatic N) is 1. The zero-order chi connectivity index (χ0) is 15.0. The summed E-state index contributed by atoms with van der Waals surface area (Å²) in [5, 5.41) is 0. The van der Waals surface area contributed by atoms with E-state index >= 15 is 0 Å². The van der Waals surface area contributed by atoms with E-state index in [-0.39, 0.29) is 30.5 Å². The van der Waals surface area contributed by atoms with Crippen molar-refractivity contribution < 1.29 is 9.53 Å². The Hall–Kier alpha value is -0.320. The van der Waals surface area contributed by atoms with Crippen molar-refractivity contribution in [1.82, 2.24) is 4.90 Å². The monoisotopic (exact) mass is 308 g/mol. The molecule has 0 aromatic carbocycles. The lowest BCUT2D eigenvalue weighted by Gasteiger charge is -2.24. The van der Waals surface area contributed by atoms with Crippen LogP contribution < -0.4 is 5.73 Å². The van der Waals surface area contributed by atoms with Crippen molar-refractivity contribution in [3.63, 3.8) is 0 Å². The Kier molecular flexibility index (Phi) is 12.5. The van der Waals surface area contributed by atoms with E-state index < -0.39 is 0 Å². The van der Waals surface area contributed by atoms with Gasteiger partial charge in [0.05, 0.1) is 0 Å². The second-order valence-electron chi connectivity index (χ2n) is 6.15. The minimum atomic E-state index is -0.362. The fourth-order valence-corrected chi connectivity index (χ4v) is 1.65. The van der Waals surface area contributed by atoms with Crippen molar-refractivity contribution >= 4 is 18.3 Å². The van der Waals surface area contributed by atoms with E-state index in [0.717, 1.165) is 12.8 Å². The average molecular weight is 309 g/mol. The molecule has 0 aliphatic carbocycles. The van der Waals surface area contributed by atoms with Gasteiger partial charge in [0.25, 0.3) is 5.91 Å². The van der Waals surface area contributed by atoms with Crippen molar-refractivity contribution in [1.29, 1.82) is 0 Å². The molecular formula is C15H33ClN2O2. The van der Waals surface area contributed by atoms with Crippen LogP contribution in [0.15, 0.2) is 0 Å². The average Bonchev–Trinajstić information content (AvgIpc) is 2.33. The highest BCUT2D eigenvalue weighted by Crippen LogP contribution is 2.06. The van der Waals surface area contributed by atoms with E-state index in [1.165, 1.54) is 0 Å². The first-order valence-corrected chi connectivity index (χ1v) is 7.37. The van der Waals surface area contributed by atoms with E-state index in [9.17, 15) is 4.79 Å². The SMILES string of the molecule is CC(C)CCOC(C)C(=O)N(C)CCC(N)C(C)C.Cl. The van der Waals surface area contributed by atoms with Crippen LogP contribution in [-0.2, 0) is 9.53 Å². The molecule has 122 valence electrons. The molecule has 1 amide bonds. The van der Waals surface area contributed by atoms with Gasteiger partial charge in [-0.05, 0) is 31.6 Å². The number of hydrogen-bond donors (Lipinski definition) is 1. The van der Waals surface area contributed by atoms with E-state index in [0.29, 0.717) is 25.0 Å². The van der Waals surface area contributed by atoms with Crippen molar-refractivity contribution in [2.75, 3.05) is 20.2 Å². The second-order valence-corrected chi connectivity index (χ2v) is 6.15. The first kappa shape index (κ1) is 22.0. The molecule has 2 N–H and O–H groups in total. The molecule has 0 aromatic heterocycles. The molecule has 0 saturated heterocycles. The maximum Gasteiger partial charge on any atom is 0.251 e. The number of likely N-dealkylation sites (N-methyl/N-ethyl adjacent to an activating group) is 1. The predicted molar refractivity (Wildman–Crippen MR) is 87.2 cm³/mol. The number of carbonyl (C=O) groups is 1. The number of halogens is 1. The quantitative estimate of drug-likeness (QED) is 0.712. The molecule has 5 heteroatoms. The molecule has 0 heterocycles. The van der Waals surface area contributed by atoms with Crippen LogP contribution in [0, 0.1) is 11.8 Å². The lowest BCUT2D eigenvalue weighted by atomic mass is 10.0. The lowest BCUT2D eigenvalue weighted by molar-refractivity contribution is -0.141. The molecule has 0 aromatic rings. The zero-order valence-corrected chi connectivity index (χ0v) is 14.7. The molecule has 0 aliphatic rings. The van der Waals surface area contributed by atoms with Gasteiger partial charge in [0.15, 0.2) is 0 Å². The summed E-state index contributed by atoms with van der Waals surface area (Å²) in [4.78, 5) is 13.8. The molecule has 0 rings (SSSR count). The lowest BCUT2D eigenvalue weighted by Crippen LogP contribution is -2.39. The maximum atomic E-state index is 12.1. The summed E-state index contributed by atoms with van der Waals surface area (Å²) in [5.41, 5.74) is 5.99. The van der Waals surface area contributed by atoms with Crippen LogP contribution in [0.5, 0.6) is 0 Å². The molecule has 20 heavy (non-hydrogen) atoms. The number of rotatable bonds is 9. The van der Waals surface area contributed by atoms with Crippen LogP contribution >= 0.6 is 12.4 Å². The summed E-state index contributed by atoms with van der Waals surface area (Å²) in [7, 11) is 1.82. The minimum Gasteiger partial charge on any atom is -0.369 e. The Labute approximate surface area is 130 Å². The Bertz CT molecular complexity index is 260. The van der Waals surface area contributed by atoms with Gasteiger partial charge >= 0.3 is 0 Å². The zero-order valence-electron chi connectivity index (χ0n) is 13.9. The fraction of sp³-hybridized carbons (Fsp3) is 0.933. The molecular weight excluding hydrogens is 276 g/mol. The molecule has 2 unspecified atom stereocenters. The topological polar surface area (TPSA) is 55.6 Å². The van der Waals surface area contributed by atoms with E-state index in [1.807, 2.05) is 14.0 Å². The largest absolute Gasteiger partial charge is 0.369 e. The molecule has 0 bridgehead atoms. The van der Waals surface area contributed by atoms with Crippen molar-refractivity contribution in [2.45, 2.75) is 59.6 Å². The number of nitrogens with two attached hydrogens (primary N) is 1.